The Morgan fingerprint density at radius 1 is 1.29 bits per heavy atom. The van der Waals surface area contributed by atoms with Gasteiger partial charge in [0, 0.05) is 19.0 Å². The quantitative estimate of drug-likeness (QED) is 0.684. The number of carbonyl (C=O) groups excluding carboxylic acids is 1. The number of hydrogen-bond donors (Lipinski definition) is 2. The monoisotopic (exact) mass is 298 g/mol. The van der Waals surface area contributed by atoms with E-state index >= 15 is 0 Å². The second-order valence-electron chi connectivity index (χ2n) is 6.78. The van der Waals surface area contributed by atoms with E-state index in [4.69, 9.17) is 5.11 Å². The van der Waals surface area contributed by atoms with E-state index in [0.717, 1.165) is 32.4 Å². The molecule has 2 N–H and O–H groups in total. The van der Waals surface area contributed by atoms with Gasteiger partial charge in [-0.15, -0.1) is 0 Å². The van der Waals surface area contributed by atoms with Crippen molar-refractivity contribution in [2.45, 2.75) is 58.9 Å². The molecule has 1 fully saturated rings. The lowest BCUT2D eigenvalue weighted by Gasteiger charge is -2.18. The number of rotatable bonds is 9. The lowest BCUT2D eigenvalue weighted by Crippen LogP contribution is -2.40. The Hall–Kier alpha value is -1.10. The van der Waals surface area contributed by atoms with Crippen molar-refractivity contribution in [3.63, 3.8) is 0 Å². The number of carboxylic acid groups (broad SMARTS) is 1. The Morgan fingerprint density at radius 3 is 2.62 bits per heavy atom. The second-order valence-corrected chi connectivity index (χ2v) is 6.78. The van der Waals surface area contributed by atoms with E-state index in [0.29, 0.717) is 12.5 Å². The first-order valence-corrected chi connectivity index (χ1v) is 8.10. The van der Waals surface area contributed by atoms with Crippen molar-refractivity contribution in [1.29, 1.82) is 0 Å². The summed E-state index contributed by atoms with van der Waals surface area (Å²) in [7, 11) is 0. The molecule has 5 nitrogen and oxygen atoms in total. The molecule has 0 aromatic carbocycles. The molecule has 1 aliphatic heterocycles. The molecule has 0 bridgehead atoms. The molecular formula is C16H30N2O3. The first kappa shape index (κ1) is 18.0. The van der Waals surface area contributed by atoms with Gasteiger partial charge in [-0.05, 0) is 38.1 Å². The molecule has 0 aromatic rings. The number of aliphatic carboxylic acids is 1. The summed E-state index contributed by atoms with van der Waals surface area (Å²) in [6, 6.07) is 0.216. The molecule has 21 heavy (non-hydrogen) atoms. The lowest BCUT2D eigenvalue weighted by molar-refractivity contribution is -0.138. The van der Waals surface area contributed by atoms with Crippen molar-refractivity contribution >= 4 is 11.9 Å². The van der Waals surface area contributed by atoms with Crippen LogP contribution in [0.2, 0.25) is 0 Å². The molecule has 0 radical (unpaired) electrons. The molecule has 0 spiro atoms. The molecule has 0 aliphatic carbocycles. The SMILES string of the molecule is CC(C)CCCC(C)NC(=O)CN1CCC(CC(=O)O)C1. The predicted octanol–water partition coefficient (Wildman–Crippen LogP) is 2.11. The number of carboxylic acids is 1. The summed E-state index contributed by atoms with van der Waals surface area (Å²) in [6.45, 7) is 8.42. The maximum Gasteiger partial charge on any atom is 0.303 e. The van der Waals surface area contributed by atoms with Crippen molar-refractivity contribution in [2.75, 3.05) is 19.6 Å². The van der Waals surface area contributed by atoms with Crippen molar-refractivity contribution in [1.82, 2.24) is 10.2 Å². The van der Waals surface area contributed by atoms with E-state index in [1.807, 2.05) is 0 Å². The highest BCUT2D eigenvalue weighted by molar-refractivity contribution is 5.78. The van der Waals surface area contributed by atoms with Gasteiger partial charge < -0.3 is 10.4 Å². The highest BCUT2D eigenvalue weighted by atomic mass is 16.4. The summed E-state index contributed by atoms with van der Waals surface area (Å²) in [5.41, 5.74) is 0. The highest BCUT2D eigenvalue weighted by Gasteiger charge is 2.25. The maximum absolute atomic E-state index is 12.0. The van der Waals surface area contributed by atoms with E-state index in [1.54, 1.807) is 0 Å². The summed E-state index contributed by atoms with van der Waals surface area (Å²) in [4.78, 5) is 24.7. The fourth-order valence-electron chi connectivity index (χ4n) is 2.90. The zero-order valence-electron chi connectivity index (χ0n) is 13.6. The van der Waals surface area contributed by atoms with Crippen LogP contribution in [0.3, 0.4) is 0 Å². The van der Waals surface area contributed by atoms with Gasteiger partial charge in [-0.3, -0.25) is 14.5 Å². The van der Waals surface area contributed by atoms with Gasteiger partial charge in [-0.1, -0.05) is 26.7 Å². The third-order valence-electron chi connectivity index (χ3n) is 4.03. The number of carbonyl (C=O) groups is 2. The minimum absolute atomic E-state index is 0.0584. The lowest BCUT2D eigenvalue weighted by atomic mass is 10.0. The van der Waals surface area contributed by atoms with E-state index in [-0.39, 0.29) is 24.3 Å². The van der Waals surface area contributed by atoms with Crippen LogP contribution in [0.25, 0.3) is 0 Å². The number of likely N-dealkylation sites (tertiary alicyclic amines) is 1. The molecule has 1 saturated heterocycles. The number of nitrogens with one attached hydrogen (secondary N) is 1. The van der Waals surface area contributed by atoms with Gasteiger partial charge in [0.25, 0.3) is 0 Å². The van der Waals surface area contributed by atoms with Gasteiger partial charge >= 0.3 is 5.97 Å². The molecular weight excluding hydrogens is 268 g/mol. The van der Waals surface area contributed by atoms with Crippen molar-refractivity contribution < 1.29 is 14.7 Å². The zero-order chi connectivity index (χ0) is 15.8. The van der Waals surface area contributed by atoms with Gasteiger partial charge in [0.15, 0.2) is 0 Å². The van der Waals surface area contributed by atoms with Crippen LogP contribution in [0.15, 0.2) is 0 Å². The second kappa shape index (κ2) is 9.03. The standard InChI is InChI=1S/C16H30N2O3/c1-12(2)5-4-6-13(3)17-15(19)11-18-8-7-14(10-18)9-16(20)21/h12-14H,4-11H2,1-3H3,(H,17,19)(H,20,21). The Bertz CT molecular complexity index is 344. The van der Waals surface area contributed by atoms with E-state index in [2.05, 4.69) is 31.0 Å². The third-order valence-corrected chi connectivity index (χ3v) is 4.03. The van der Waals surface area contributed by atoms with Gasteiger partial charge in [0.2, 0.25) is 5.91 Å². The highest BCUT2D eigenvalue weighted by Crippen LogP contribution is 2.19. The van der Waals surface area contributed by atoms with E-state index in [9.17, 15) is 9.59 Å². The van der Waals surface area contributed by atoms with Gasteiger partial charge in [0.05, 0.1) is 6.54 Å². The van der Waals surface area contributed by atoms with Crippen molar-refractivity contribution in [3.8, 4) is 0 Å². The smallest absolute Gasteiger partial charge is 0.303 e. The molecule has 1 amide bonds. The molecule has 1 rings (SSSR count). The van der Waals surface area contributed by atoms with Crippen LogP contribution in [0.1, 0.15) is 52.9 Å². The average molecular weight is 298 g/mol. The van der Waals surface area contributed by atoms with E-state index in [1.165, 1.54) is 6.42 Å². The van der Waals surface area contributed by atoms with Crippen LogP contribution in [0.5, 0.6) is 0 Å². The maximum atomic E-state index is 12.0. The zero-order valence-corrected chi connectivity index (χ0v) is 13.6. The minimum Gasteiger partial charge on any atom is -0.481 e. The molecule has 122 valence electrons. The van der Waals surface area contributed by atoms with Gasteiger partial charge in [-0.25, -0.2) is 0 Å². The van der Waals surface area contributed by atoms with Crippen LogP contribution in [0, 0.1) is 11.8 Å². The van der Waals surface area contributed by atoms with Crippen LogP contribution in [-0.2, 0) is 9.59 Å². The summed E-state index contributed by atoms with van der Waals surface area (Å²) >= 11 is 0. The Morgan fingerprint density at radius 2 is 2.00 bits per heavy atom. The van der Waals surface area contributed by atoms with Crippen LogP contribution >= 0.6 is 0 Å². The number of nitrogens with zero attached hydrogens (tertiary/aromatic N) is 1. The molecule has 0 aromatic heterocycles. The molecule has 1 aliphatic rings. The normalized spacial score (nSPS) is 20.7. The summed E-state index contributed by atoms with van der Waals surface area (Å²) < 4.78 is 0. The fraction of sp³-hybridized carbons (Fsp3) is 0.875. The summed E-state index contributed by atoms with van der Waals surface area (Å²) in [5.74, 6) is 0.218. The topological polar surface area (TPSA) is 69.6 Å². The van der Waals surface area contributed by atoms with Crippen LogP contribution in [-0.4, -0.2) is 47.6 Å². The Balaban J connectivity index is 2.17. The van der Waals surface area contributed by atoms with Gasteiger partial charge in [-0.2, -0.15) is 0 Å². The Kier molecular flexibility index (Phi) is 7.72. The third kappa shape index (κ3) is 8.05. The molecule has 2 unspecified atom stereocenters. The fourth-order valence-corrected chi connectivity index (χ4v) is 2.90. The molecule has 5 heteroatoms. The number of hydrogen-bond acceptors (Lipinski definition) is 3. The van der Waals surface area contributed by atoms with Crippen molar-refractivity contribution in [3.05, 3.63) is 0 Å². The minimum atomic E-state index is -0.745. The molecule has 2 atom stereocenters. The van der Waals surface area contributed by atoms with Gasteiger partial charge in [0.1, 0.15) is 0 Å². The number of amides is 1. The van der Waals surface area contributed by atoms with E-state index < -0.39 is 5.97 Å². The first-order chi connectivity index (χ1) is 9.86. The van der Waals surface area contributed by atoms with Crippen molar-refractivity contribution in [2.24, 2.45) is 11.8 Å². The summed E-state index contributed by atoms with van der Waals surface area (Å²) in [6.07, 6.45) is 4.45. The molecule has 1 heterocycles. The van der Waals surface area contributed by atoms with Crippen LogP contribution in [0.4, 0.5) is 0 Å². The average Bonchev–Trinajstić information content (AvgIpc) is 2.74. The molecule has 0 saturated carbocycles. The largest absolute Gasteiger partial charge is 0.481 e. The van der Waals surface area contributed by atoms with Crippen LogP contribution < -0.4 is 5.32 Å². The Labute approximate surface area is 128 Å². The summed E-state index contributed by atoms with van der Waals surface area (Å²) in [5, 5.41) is 11.8. The predicted molar refractivity (Wildman–Crippen MR) is 83.1 cm³/mol. The first-order valence-electron chi connectivity index (χ1n) is 8.10.